The molecule has 0 fully saturated rings. The lowest BCUT2D eigenvalue weighted by molar-refractivity contribution is -0.108. The number of amides is 2. The summed E-state index contributed by atoms with van der Waals surface area (Å²) in [5.41, 5.74) is 6.45. The molecule has 0 saturated heterocycles. The second-order valence-corrected chi connectivity index (χ2v) is 13.5. The number of aromatic nitrogens is 1. The number of carbonyl (C=O) groups is 2. The zero-order valence-electron chi connectivity index (χ0n) is 29.1. The molecule has 0 bridgehead atoms. The summed E-state index contributed by atoms with van der Waals surface area (Å²) in [6.45, 7) is 16.3. The minimum absolute atomic E-state index is 0.344. The van der Waals surface area contributed by atoms with Crippen LogP contribution in [0.3, 0.4) is 0 Å². The standard InChI is InChI=1S/C41H44Cl2N4O3/c1-7-10-11-12-23-47(40(49)50-41(4,5)6)26-30-21-22-36(46-35(30)9-3)34-18-14-17-33(39(34)43)32-16-13-15-31(38(32)42)29-20-19-28(8-2)25-44-37(24-29)45-27-48/h7-8,13-22,24-25,27H,1-2,9-12,23,26H2,3-6H3,(H,44,45,48). The minimum Gasteiger partial charge on any atom is -0.444 e. The van der Waals surface area contributed by atoms with Crippen LogP contribution in [0.15, 0.2) is 109 Å². The highest BCUT2D eigenvalue weighted by Gasteiger charge is 2.24. The van der Waals surface area contributed by atoms with E-state index in [4.69, 9.17) is 32.9 Å². The number of allylic oxidation sites excluding steroid dienone is 6. The first-order chi connectivity index (χ1) is 24.0. The van der Waals surface area contributed by atoms with Gasteiger partial charge in [0, 0.05) is 40.7 Å². The summed E-state index contributed by atoms with van der Waals surface area (Å²) in [4.78, 5) is 35.6. The molecule has 4 rings (SSSR count). The second-order valence-electron chi connectivity index (χ2n) is 12.7. The van der Waals surface area contributed by atoms with E-state index in [1.165, 1.54) is 0 Å². The van der Waals surface area contributed by atoms with E-state index in [0.717, 1.165) is 69.6 Å². The minimum atomic E-state index is -0.601. The zero-order valence-corrected chi connectivity index (χ0v) is 30.7. The largest absolute Gasteiger partial charge is 0.444 e. The van der Waals surface area contributed by atoms with Crippen molar-refractivity contribution in [3.63, 3.8) is 0 Å². The third-order valence-corrected chi connectivity index (χ3v) is 8.73. The Morgan fingerprint density at radius 3 is 2.28 bits per heavy atom. The van der Waals surface area contributed by atoms with Crippen molar-refractivity contribution in [1.29, 1.82) is 0 Å². The van der Waals surface area contributed by atoms with Gasteiger partial charge < -0.3 is 15.0 Å². The van der Waals surface area contributed by atoms with Gasteiger partial charge in [-0.2, -0.15) is 0 Å². The monoisotopic (exact) mass is 710 g/mol. The Bertz CT molecular complexity index is 1870. The number of aryl methyl sites for hydroxylation is 1. The van der Waals surface area contributed by atoms with Gasteiger partial charge in [-0.15, -0.1) is 6.58 Å². The molecule has 0 atom stereocenters. The lowest BCUT2D eigenvalue weighted by Gasteiger charge is -2.28. The Labute approximate surface area is 305 Å². The van der Waals surface area contributed by atoms with Crippen LogP contribution in [-0.2, 0) is 22.5 Å². The highest BCUT2D eigenvalue weighted by atomic mass is 35.5. The van der Waals surface area contributed by atoms with Crippen LogP contribution in [0.4, 0.5) is 4.79 Å². The summed E-state index contributed by atoms with van der Waals surface area (Å²) >= 11 is 14.3. The molecule has 0 radical (unpaired) electrons. The van der Waals surface area contributed by atoms with Crippen molar-refractivity contribution >= 4 is 47.1 Å². The third-order valence-electron chi connectivity index (χ3n) is 7.92. The van der Waals surface area contributed by atoms with Crippen LogP contribution >= 0.6 is 23.2 Å². The van der Waals surface area contributed by atoms with Crippen molar-refractivity contribution in [3.8, 4) is 22.4 Å². The smallest absolute Gasteiger partial charge is 0.410 e. The number of pyridine rings is 1. The van der Waals surface area contributed by atoms with E-state index < -0.39 is 5.60 Å². The van der Waals surface area contributed by atoms with Crippen molar-refractivity contribution in [1.82, 2.24) is 15.2 Å². The van der Waals surface area contributed by atoms with Gasteiger partial charge in [-0.05, 0) is 75.3 Å². The van der Waals surface area contributed by atoms with Gasteiger partial charge in [0.15, 0.2) is 0 Å². The van der Waals surface area contributed by atoms with Gasteiger partial charge in [0.1, 0.15) is 11.4 Å². The van der Waals surface area contributed by atoms with Crippen LogP contribution in [0.5, 0.6) is 0 Å². The van der Waals surface area contributed by atoms with E-state index in [2.05, 4.69) is 23.5 Å². The average Bonchev–Trinajstić information content (AvgIpc) is 3.07. The molecule has 1 N–H and O–H groups in total. The molecule has 0 unspecified atom stereocenters. The molecule has 3 aromatic rings. The van der Waals surface area contributed by atoms with E-state index in [1.54, 1.807) is 23.3 Å². The van der Waals surface area contributed by atoms with Crippen molar-refractivity contribution < 1.29 is 14.3 Å². The quantitative estimate of drug-likeness (QED) is 0.109. The number of halogens is 2. The fourth-order valence-electron chi connectivity index (χ4n) is 5.42. The van der Waals surface area contributed by atoms with Gasteiger partial charge in [-0.3, -0.25) is 9.78 Å². The molecule has 1 aliphatic heterocycles. The number of ether oxygens (including phenoxy) is 1. The SMILES string of the molecule is C=CCCCCN(Cc1ccc(-c2cccc(-c3cccc(C4=CC(NC=O)=N/C=C(/C=C)C=C4)c3Cl)c2Cl)nc1CC)C(=O)OC(C)(C)C. The molecule has 0 saturated carbocycles. The first-order valence-corrected chi connectivity index (χ1v) is 17.4. The first-order valence-electron chi connectivity index (χ1n) is 16.7. The van der Waals surface area contributed by atoms with Crippen molar-refractivity contribution in [2.24, 2.45) is 4.99 Å². The molecule has 2 heterocycles. The topological polar surface area (TPSA) is 83.9 Å². The zero-order chi connectivity index (χ0) is 36.3. The Morgan fingerprint density at radius 1 is 0.960 bits per heavy atom. The predicted octanol–water partition coefficient (Wildman–Crippen LogP) is 10.5. The lowest BCUT2D eigenvalue weighted by Crippen LogP contribution is -2.37. The summed E-state index contributed by atoms with van der Waals surface area (Å²) in [6, 6.07) is 15.5. The fourth-order valence-corrected chi connectivity index (χ4v) is 6.08. The summed E-state index contributed by atoms with van der Waals surface area (Å²) in [5.74, 6) is 0.364. The van der Waals surface area contributed by atoms with E-state index in [9.17, 15) is 9.59 Å². The number of hydrogen-bond acceptors (Lipinski definition) is 5. The maximum absolute atomic E-state index is 13.2. The third kappa shape index (κ3) is 9.93. The Balaban J connectivity index is 1.69. The number of nitrogens with one attached hydrogen (secondary N) is 1. The molecule has 2 aromatic carbocycles. The van der Waals surface area contributed by atoms with Crippen molar-refractivity contribution in [2.45, 2.75) is 65.5 Å². The molecular formula is C41H44Cl2N4O3. The molecule has 7 nitrogen and oxygen atoms in total. The van der Waals surface area contributed by atoms with Crippen LogP contribution < -0.4 is 5.32 Å². The Morgan fingerprint density at radius 2 is 1.64 bits per heavy atom. The molecule has 0 aliphatic carbocycles. The fraction of sp³-hybridized carbons (Fsp3) is 0.268. The summed E-state index contributed by atoms with van der Waals surface area (Å²) in [5, 5.41) is 3.63. The van der Waals surface area contributed by atoms with Crippen LogP contribution in [0.2, 0.25) is 10.0 Å². The summed E-state index contributed by atoms with van der Waals surface area (Å²) in [6.07, 6.45) is 14.3. The lowest BCUT2D eigenvalue weighted by atomic mass is 9.95. The number of nitrogens with zero attached hydrogens (tertiary/aromatic N) is 3. The van der Waals surface area contributed by atoms with Crippen molar-refractivity contribution in [2.75, 3.05) is 6.54 Å². The van der Waals surface area contributed by atoms with E-state index in [1.807, 2.05) is 94.5 Å². The number of amidine groups is 1. The van der Waals surface area contributed by atoms with E-state index in [0.29, 0.717) is 41.8 Å². The highest BCUT2D eigenvalue weighted by molar-refractivity contribution is 6.39. The van der Waals surface area contributed by atoms with Crippen LogP contribution in [0.1, 0.15) is 63.8 Å². The maximum atomic E-state index is 13.2. The average molecular weight is 712 g/mol. The molecule has 2 amide bonds. The summed E-state index contributed by atoms with van der Waals surface area (Å²) < 4.78 is 5.74. The number of aliphatic imine (C=N–C) groups is 1. The van der Waals surface area contributed by atoms with Gasteiger partial charge in [0.25, 0.3) is 0 Å². The van der Waals surface area contributed by atoms with Crippen LogP contribution in [0.25, 0.3) is 28.0 Å². The molecule has 50 heavy (non-hydrogen) atoms. The molecular weight excluding hydrogens is 667 g/mol. The van der Waals surface area contributed by atoms with Gasteiger partial charge >= 0.3 is 6.09 Å². The van der Waals surface area contributed by atoms with Gasteiger partial charge in [-0.1, -0.05) is 103 Å². The van der Waals surface area contributed by atoms with Crippen LogP contribution in [0, 0.1) is 0 Å². The van der Waals surface area contributed by atoms with E-state index >= 15 is 0 Å². The second kappa shape index (κ2) is 17.8. The number of carbonyl (C=O) groups excluding carboxylic acids is 2. The first kappa shape index (κ1) is 38.1. The molecule has 260 valence electrons. The highest BCUT2D eigenvalue weighted by Crippen LogP contribution is 2.41. The maximum Gasteiger partial charge on any atom is 0.410 e. The normalized spacial score (nSPS) is 13.9. The Hall–Kier alpha value is -4.72. The summed E-state index contributed by atoms with van der Waals surface area (Å²) in [7, 11) is 0. The Kier molecular flexibility index (Phi) is 13.6. The molecule has 1 aromatic heterocycles. The van der Waals surface area contributed by atoms with Crippen LogP contribution in [-0.4, -0.2) is 40.4 Å². The van der Waals surface area contributed by atoms with E-state index in [-0.39, 0.29) is 6.09 Å². The van der Waals surface area contributed by atoms with Crippen molar-refractivity contribution in [3.05, 3.63) is 131 Å². The number of rotatable bonds is 13. The molecule has 1 aliphatic rings. The predicted molar refractivity (Wildman–Crippen MR) is 207 cm³/mol. The number of unbranched alkanes of at least 4 members (excludes halogenated alkanes) is 2. The molecule has 9 heteroatoms. The number of hydrogen-bond donors (Lipinski definition) is 1. The van der Waals surface area contributed by atoms with Gasteiger partial charge in [0.2, 0.25) is 6.41 Å². The number of benzene rings is 2. The van der Waals surface area contributed by atoms with Gasteiger partial charge in [-0.25, -0.2) is 9.79 Å². The molecule has 0 spiro atoms. The van der Waals surface area contributed by atoms with Gasteiger partial charge in [0.05, 0.1) is 22.3 Å².